The normalized spacial score (nSPS) is 16.7. The van der Waals surface area contributed by atoms with Crippen LogP contribution in [0, 0.1) is 11.8 Å². The molecule has 0 fully saturated rings. The lowest BCUT2D eigenvalue weighted by Crippen LogP contribution is -2.18. The van der Waals surface area contributed by atoms with Crippen LogP contribution in [0.25, 0.3) is 0 Å². The molecular weight excluding hydrogens is 218 g/mol. The molecule has 0 bridgehead atoms. The maximum atomic E-state index is 10.6. The SMILES string of the molecule is NCC#Cc1cn(CC=O)c2c1C(N)N=CN2. The Morgan fingerprint density at radius 3 is 3.18 bits per heavy atom. The van der Waals surface area contributed by atoms with E-state index in [1.807, 2.05) is 0 Å². The van der Waals surface area contributed by atoms with Crippen LogP contribution in [-0.2, 0) is 11.3 Å². The second-order valence-corrected chi connectivity index (χ2v) is 3.50. The van der Waals surface area contributed by atoms with Crippen molar-refractivity contribution >= 4 is 18.4 Å². The molecule has 2 rings (SSSR count). The van der Waals surface area contributed by atoms with E-state index in [1.165, 1.54) is 6.34 Å². The summed E-state index contributed by atoms with van der Waals surface area (Å²) < 4.78 is 1.76. The maximum Gasteiger partial charge on any atom is 0.139 e. The first kappa shape index (κ1) is 11.4. The summed E-state index contributed by atoms with van der Waals surface area (Å²) in [7, 11) is 0. The Bertz CT molecular complexity index is 520. The van der Waals surface area contributed by atoms with Gasteiger partial charge in [0, 0.05) is 11.8 Å². The summed E-state index contributed by atoms with van der Waals surface area (Å²) in [5, 5.41) is 2.98. The molecule has 1 aromatic rings. The van der Waals surface area contributed by atoms with Crippen molar-refractivity contribution in [1.82, 2.24) is 4.57 Å². The number of aldehydes is 1. The minimum Gasteiger partial charge on any atom is -0.332 e. The average Bonchev–Trinajstić information content (AvgIpc) is 2.67. The summed E-state index contributed by atoms with van der Waals surface area (Å²) in [4.78, 5) is 14.6. The zero-order valence-electron chi connectivity index (χ0n) is 9.18. The Hall–Kier alpha value is -2.10. The number of nitrogens with two attached hydrogens (primary N) is 2. The van der Waals surface area contributed by atoms with Gasteiger partial charge in [0.1, 0.15) is 18.3 Å². The Morgan fingerprint density at radius 2 is 2.47 bits per heavy atom. The van der Waals surface area contributed by atoms with Crippen LogP contribution in [0.1, 0.15) is 17.3 Å². The topological polar surface area (TPSA) is 98.4 Å². The number of fused-ring (bicyclic) bond motifs is 1. The van der Waals surface area contributed by atoms with Crippen LogP contribution in [0.4, 0.5) is 5.82 Å². The monoisotopic (exact) mass is 231 g/mol. The first-order valence-electron chi connectivity index (χ1n) is 5.17. The number of carbonyl (C=O) groups is 1. The van der Waals surface area contributed by atoms with Crippen LogP contribution in [-0.4, -0.2) is 23.7 Å². The number of aromatic nitrogens is 1. The summed E-state index contributed by atoms with van der Waals surface area (Å²) >= 11 is 0. The van der Waals surface area contributed by atoms with E-state index < -0.39 is 6.17 Å². The van der Waals surface area contributed by atoms with Crippen molar-refractivity contribution in [2.24, 2.45) is 16.5 Å². The minimum atomic E-state index is -0.457. The molecule has 0 spiro atoms. The third kappa shape index (κ3) is 2.06. The maximum absolute atomic E-state index is 10.6. The zero-order chi connectivity index (χ0) is 12.3. The molecule has 2 heterocycles. The number of hydrogen-bond acceptors (Lipinski definition) is 5. The Morgan fingerprint density at radius 1 is 1.65 bits per heavy atom. The summed E-state index contributed by atoms with van der Waals surface area (Å²) in [5.74, 6) is 6.47. The van der Waals surface area contributed by atoms with Gasteiger partial charge >= 0.3 is 0 Å². The minimum absolute atomic E-state index is 0.250. The lowest BCUT2D eigenvalue weighted by atomic mass is 10.1. The van der Waals surface area contributed by atoms with Crippen LogP contribution in [0.5, 0.6) is 0 Å². The van der Waals surface area contributed by atoms with Crippen molar-refractivity contribution in [1.29, 1.82) is 0 Å². The van der Waals surface area contributed by atoms with Gasteiger partial charge < -0.3 is 26.1 Å². The second-order valence-electron chi connectivity index (χ2n) is 3.50. The molecule has 6 heteroatoms. The molecule has 0 amide bonds. The smallest absolute Gasteiger partial charge is 0.139 e. The molecule has 0 aromatic carbocycles. The summed E-state index contributed by atoms with van der Waals surface area (Å²) in [6, 6.07) is 0. The van der Waals surface area contributed by atoms with Crippen molar-refractivity contribution in [2.45, 2.75) is 12.7 Å². The van der Waals surface area contributed by atoms with Gasteiger partial charge in [0.25, 0.3) is 0 Å². The fourth-order valence-electron chi connectivity index (χ4n) is 1.76. The molecule has 5 N–H and O–H groups in total. The molecule has 88 valence electrons. The van der Waals surface area contributed by atoms with Gasteiger partial charge in [-0.2, -0.15) is 0 Å². The molecule has 0 aliphatic carbocycles. The number of nitrogens with zero attached hydrogens (tertiary/aromatic N) is 2. The van der Waals surface area contributed by atoms with E-state index in [0.29, 0.717) is 0 Å². The van der Waals surface area contributed by atoms with Gasteiger partial charge in [0.15, 0.2) is 0 Å². The van der Waals surface area contributed by atoms with E-state index in [4.69, 9.17) is 11.5 Å². The largest absolute Gasteiger partial charge is 0.332 e. The van der Waals surface area contributed by atoms with Crippen molar-refractivity contribution in [2.75, 3.05) is 11.9 Å². The van der Waals surface area contributed by atoms with E-state index in [1.54, 1.807) is 10.8 Å². The van der Waals surface area contributed by atoms with Crippen molar-refractivity contribution in [3.8, 4) is 11.8 Å². The Balaban J connectivity index is 2.50. The third-order valence-corrected chi connectivity index (χ3v) is 2.45. The molecule has 1 aromatic heterocycles. The van der Waals surface area contributed by atoms with Gasteiger partial charge in [-0.3, -0.25) is 4.99 Å². The third-order valence-electron chi connectivity index (χ3n) is 2.45. The summed E-state index contributed by atoms with van der Waals surface area (Å²) in [6.45, 7) is 0.528. The number of aliphatic imine (C=N–C) groups is 1. The highest BCUT2D eigenvalue weighted by Gasteiger charge is 2.21. The van der Waals surface area contributed by atoms with Crippen LogP contribution in [0.3, 0.4) is 0 Å². The lowest BCUT2D eigenvalue weighted by Gasteiger charge is -2.16. The highest BCUT2D eigenvalue weighted by molar-refractivity contribution is 5.81. The Kier molecular flexibility index (Phi) is 3.23. The fraction of sp³-hybridized carbons (Fsp3) is 0.273. The van der Waals surface area contributed by atoms with Gasteiger partial charge in [-0.15, -0.1) is 0 Å². The molecular formula is C11H13N5O. The predicted molar refractivity (Wildman–Crippen MR) is 65.5 cm³/mol. The van der Waals surface area contributed by atoms with Crippen LogP contribution < -0.4 is 16.8 Å². The molecule has 1 atom stereocenters. The molecule has 6 nitrogen and oxygen atoms in total. The van der Waals surface area contributed by atoms with E-state index in [2.05, 4.69) is 22.2 Å². The number of anilines is 1. The Labute approximate surface area is 98.7 Å². The first-order chi connectivity index (χ1) is 8.27. The highest BCUT2D eigenvalue weighted by atomic mass is 16.1. The van der Waals surface area contributed by atoms with Gasteiger partial charge in [0.2, 0.25) is 0 Å². The van der Waals surface area contributed by atoms with Crippen LogP contribution >= 0.6 is 0 Å². The van der Waals surface area contributed by atoms with E-state index >= 15 is 0 Å². The fourth-order valence-corrected chi connectivity index (χ4v) is 1.76. The summed E-state index contributed by atoms with van der Waals surface area (Å²) in [5.41, 5.74) is 12.8. The van der Waals surface area contributed by atoms with Crippen molar-refractivity contribution in [3.63, 3.8) is 0 Å². The molecule has 0 saturated heterocycles. The number of rotatable bonds is 2. The number of nitrogens with one attached hydrogen (secondary N) is 1. The second kappa shape index (κ2) is 4.82. The zero-order valence-corrected chi connectivity index (χ0v) is 9.18. The van der Waals surface area contributed by atoms with Gasteiger partial charge in [0.05, 0.1) is 25.0 Å². The first-order valence-corrected chi connectivity index (χ1v) is 5.17. The number of carbonyl (C=O) groups excluding carboxylic acids is 1. The van der Waals surface area contributed by atoms with E-state index in [-0.39, 0.29) is 13.1 Å². The highest BCUT2D eigenvalue weighted by Crippen LogP contribution is 2.30. The molecule has 1 aliphatic heterocycles. The van der Waals surface area contributed by atoms with Crippen molar-refractivity contribution in [3.05, 3.63) is 17.3 Å². The molecule has 1 aliphatic rings. The molecule has 0 radical (unpaired) electrons. The van der Waals surface area contributed by atoms with Gasteiger partial charge in [-0.25, -0.2) is 0 Å². The van der Waals surface area contributed by atoms with Gasteiger partial charge in [-0.1, -0.05) is 11.8 Å². The van der Waals surface area contributed by atoms with Crippen LogP contribution in [0.15, 0.2) is 11.2 Å². The van der Waals surface area contributed by atoms with E-state index in [9.17, 15) is 4.79 Å². The summed E-state index contributed by atoms with van der Waals surface area (Å²) in [6.07, 6.45) is 3.66. The molecule has 17 heavy (non-hydrogen) atoms. The van der Waals surface area contributed by atoms with Gasteiger partial charge in [-0.05, 0) is 0 Å². The van der Waals surface area contributed by atoms with Crippen LogP contribution in [0.2, 0.25) is 0 Å². The standard InChI is InChI=1S/C11H13N5O/c12-3-1-2-8-6-16(4-5-17)11-9(8)10(13)14-7-15-11/h5-7,10H,3-4,12-13H2,(H,14,15). The predicted octanol–water partition coefficient (Wildman–Crippen LogP) is -0.592. The van der Waals surface area contributed by atoms with E-state index in [0.717, 1.165) is 23.2 Å². The van der Waals surface area contributed by atoms with Crippen molar-refractivity contribution < 1.29 is 4.79 Å². The average molecular weight is 231 g/mol. The number of hydrogen-bond donors (Lipinski definition) is 3. The quantitative estimate of drug-likeness (QED) is 0.468. The molecule has 1 unspecified atom stereocenters. The lowest BCUT2D eigenvalue weighted by molar-refractivity contribution is -0.108. The molecule has 0 saturated carbocycles.